The lowest BCUT2D eigenvalue weighted by Gasteiger charge is -2.14. The van der Waals surface area contributed by atoms with E-state index in [-0.39, 0.29) is 12.5 Å². The van der Waals surface area contributed by atoms with E-state index in [1.54, 1.807) is 13.8 Å². The Bertz CT molecular complexity index is 392. The molecule has 1 aromatic rings. The van der Waals surface area contributed by atoms with Crippen molar-refractivity contribution >= 4 is 17.6 Å². The van der Waals surface area contributed by atoms with Gasteiger partial charge >= 0.3 is 5.97 Å². The van der Waals surface area contributed by atoms with E-state index in [2.05, 4.69) is 10.6 Å². The summed E-state index contributed by atoms with van der Waals surface area (Å²) in [5.41, 5.74) is 0.858. The molecule has 0 radical (unpaired) electrons. The Morgan fingerprint density at radius 3 is 2.56 bits per heavy atom. The summed E-state index contributed by atoms with van der Waals surface area (Å²) in [6.07, 6.45) is 0. The maximum atomic E-state index is 11.7. The lowest BCUT2D eigenvalue weighted by molar-refractivity contribution is -0.143. The summed E-state index contributed by atoms with van der Waals surface area (Å²) in [5, 5.41) is 5.54. The molecule has 0 spiro atoms. The molecule has 98 valence electrons. The van der Waals surface area contributed by atoms with E-state index in [0.717, 1.165) is 5.69 Å². The molecule has 2 N–H and O–H groups in total. The van der Waals surface area contributed by atoms with Crippen molar-refractivity contribution in [2.45, 2.75) is 19.9 Å². The smallest absolute Gasteiger partial charge is 0.325 e. The van der Waals surface area contributed by atoms with Gasteiger partial charge in [-0.05, 0) is 26.0 Å². The van der Waals surface area contributed by atoms with Gasteiger partial charge < -0.3 is 15.4 Å². The predicted octanol–water partition coefficient (Wildman–Crippen LogP) is 1.17. The van der Waals surface area contributed by atoms with E-state index in [1.807, 2.05) is 30.3 Å². The summed E-state index contributed by atoms with van der Waals surface area (Å²) in [6.45, 7) is 3.66. The summed E-state index contributed by atoms with van der Waals surface area (Å²) >= 11 is 0. The van der Waals surface area contributed by atoms with Crippen LogP contribution in [0.15, 0.2) is 30.3 Å². The van der Waals surface area contributed by atoms with E-state index < -0.39 is 12.0 Å². The second kappa shape index (κ2) is 7.32. The number of amides is 1. The first-order valence-corrected chi connectivity index (χ1v) is 5.88. The molecule has 1 aromatic carbocycles. The van der Waals surface area contributed by atoms with Crippen LogP contribution >= 0.6 is 0 Å². The molecule has 1 atom stereocenters. The monoisotopic (exact) mass is 250 g/mol. The molecule has 0 saturated carbocycles. The standard InChI is InChI=1S/C13H18N2O3/c1-3-18-12(16)9-14-13(17)10(2)15-11-7-5-4-6-8-11/h4-8,10,15H,3,9H2,1-2H3,(H,14,17). The van der Waals surface area contributed by atoms with Gasteiger partial charge in [0.15, 0.2) is 0 Å². The summed E-state index contributed by atoms with van der Waals surface area (Å²) in [7, 11) is 0. The van der Waals surface area contributed by atoms with Crippen LogP contribution in [0.2, 0.25) is 0 Å². The van der Waals surface area contributed by atoms with Crippen LogP contribution in [0.5, 0.6) is 0 Å². The Morgan fingerprint density at radius 1 is 1.28 bits per heavy atom. The largest absolute Gasteiger partial charge is 0.465 e. The number of hydrogen-bond acceptors (Lipinski definition) is 4. The molecule has 5 heteroatoms. The number of esters is 1. The molecular formula is C13H18N2O3. The molecule has 0 fully saturated rings. The summed E-state index contributed by atoms with van der Waals surface area (Å²) in [5.74, 6) is -0.676. The third-order valence-electron chi connectivity index (χ3n) is 2.26. The van der Waals surface area contributed by atoms with E-state index in [1.165, 1.54) is 0 Å². The fraction of sp³-hybridized carbons (Fsp3) is 0.385. The van der Waals surface area contributed by atoms with Gasteiger partial charge in [0.2, 0.25) is 5.91 Å². The predicted molar refractivity (Wildman–Crippen MR) is 69.2 cm³/mol. The van der Waals surface area contributed by atoms with Crippen LogP contribution in [0.25, 0.3) is 0 Å². The van der Waals surface area contributed by atoms with Crippen molar-refractivity contribution < 1.29 is 14.3 Å². The highest BCUT2D eigenvalue weighted by Crippen LogP contribution is 2.06. The van der Waals surface area contributed by atoms with Crippen molar-refractivity contribution in [3.05, 3.63) is 30.3 Å². The first-order chi connectivity index (χ1) is 8.63. The number of carbonyl (C=O) groups is 2. The van der Waals surface area contributed by atoms with Crippen molar-refractivity contribution in [1.29, 1.82) is 0 Å². The zero-order chi connectivity index (χ0) is 13.4. The SMILES string of the molecule is CCOC(=O)CNC(=O)C(C)Nc1ccccc1. The van der Waals surface area contributed by atoms with Gasteiger partial charge in [0, 0.05) is 5.69 Å². The van der Waals surface area contributed by atoms with Crippen molar-refractivity contribution in [1.82, 2.24) is 5.32 Å². The third-order valence-corrected chi connectivity index (χ3v) is 2.26. The minimum atomic E-state index is -0.433. The molecule has 0 aliphatic rings. The van der Waals surface area contributed by atoms with Crippen molar-refractivity contribution in [2.24, 2.45) is 0 Å². The van der Waals surface area contributed by atoms with Crippen molar-refractivity contribution in [2.75, 3.05) is 18.5 Å². The Kier molecular flexibility index (Phi) is 5.70. The first-order valence-electron chi connectivity index (χ1n) is 5.88. The van der Waals surface area contributed by atoms with Gasteiger partial charge in [-0.15, -0.1) is 0 Å². The number of ether oxygens (including phenoxy) is 1. The van der Waals surface area contributed by atoms with Gasteiger partial charge in [-0.3, -0.25) is 9.59 Å². The molecule has 0 aliphatic carbocycles. The average molecular weight is 250 g/mol. The number of anilines is 1. The lowest BCUT2D eigenvalue weighted by atomic mass is 10.2. The molecule has 0 bridgehead atoms. The quantitative estimate of drug-likeness (QED) is 0.744. The topological polar surface area (TPSA) is 67.4 Å². The van der Waals surface area contributed by atoms with Gasteiger partial charge in [-0.1, -0.05) is 18.2 Å². The van der Waals surface area contributed by atoms with Crippen LogP contribution in [0, 0.1) is 0 Å². The molecule has 18 heavy (non-hydrogen) atoms. The Morgan fingerprint density at radius 2 is 1.94 bits per heavy atom. The molecule has 1 rings (SSSR count). The number of nitrogens with one attached hydrogen (secondary N) is 2. The maximum Gasteiger partial charge on any atom is 0.325 e. The van der Waals surface area contributed by atoms with Crippen LogP contribution in [0.4, 0.5) is 5.69 Å². The molecule has 0 heterocycles. The zero-order valence-electron chi connectivity index (χ0n) is 10.6. The Hall–Kier alpha value is -2.04. The van der Waals surface area contributed by atoms with Crippen LogP contribution in [-0.4, -0.2) is 31.1 Å². The Labute approximate surface area is 107 Å². The van der Waals surface area contributed by atoms with E-state index >= 15 is 0 Å². The minimum absolute atomic E-state index is 0.104. The third kappa shape index (κ3) is 4.86. The number of para-hydroxylation sites is 1. The molecule has 0 aromatic heterocycles. The van der Waals surface area contributed by atoms with Crippen molar-refractivity contribution in [3.63, 3.8) is 0 Å². The second-order valence-electron chi connectivity index (χ2n) is 3.75. The second-order valence-corrected chi connectivity index (χ2v) is 3.75. The van der Waals surface area contributed by atoms with Crippen molar-refractivity contribution in [3.8, 4) is 0 Å². The number of carbonyl (C=O) groups excluding carboxylic acids is 2. The summed E-state index contributed by atoms with van der Waals surface area (Å²) in [4.78, 5) is 22.7. The molecule has 1 unspecified atom stereocenters. The van der Waals surface area contributed by atoms with E-state index in [4.69, 9.17) is 4.74 Å². The van der Waals surface area contributed by atoms with Crippen LogP contribution in [0.3, 0.4) is 0 Å². The van der Waals surface area contributed by atoms with E-state index in [9.17, 15) is 9.59 Å². The summed E-state index contributed by atoms with van der Waals surface area (Å²) in [6, 6.07) is 8.99. The molecule has 5 nitrogen and oxygen atoms in total. The highest BCUT2D eigenvalue weighted by Gasteiger charge is 2.13. The highest BCUT2D eigenvalue weighted by molar-refractivity contribution is 5.87. The molecule has 1 amide bonds. The minimum Gasteiger partial charge on any atom is -0.465 e. The fourth-order valence-corrected chi connectivity index (χ4v) is 1.37. The molecule has 0 aliphatic heterocycles. The normalized spacial score (nSPS) is 11.4. The first kappa shape index (κ1) is 14.0. The summed E-state index contributed by atoms with van der Waals surface area (Å²) < 4.78 is 4.72. The van der Waals surface area contributed by atoms with Gasteiger partial charge in [-0.2, -0.15) is 0 Å². The van der Waals surface area contributed by atoms with Gasteiger partial charge in [0.1, 0.15) is 12.6 Å². The number of hydrogen-bond donors (Lipinski definition) is 2. The molecule has 0 saturated heterocycles. The molecular weight excluding hydrogens is 232 g/mol. The van der Waals surface area contributed by atoms with Crippen LogP contribution < -0.4 is 10.6 Å². The average Bonchev–Trinajstić information content (AvgIpc) is 2.37. The Balaban J connectivity index is 2.35. The van der Waals surface area contributed by atoms with Crippen LogP contribution in [-0.2, 0) is 14.3 Å². The zero-order valence-corrected chi connectivity index (χ0v) is 10.6. The maximum absolute atomic E-state index is 11.7. The van der Waals surface area contributed by atoms with Crippen LogP contribution in [0.1, 0.15) is 13.8 Å². The lowest BCUT2D eigenvalue weighted by Crippen LogP contribution is -2.40. The highest BCUT2D eigenvalue weighted by atomic mass is 16.5. The van der Waals surface area contributed by atoms with E-state index in [0.29, 0.717) is 6.61 Å². The van der Waals surface area contributed by atoms with Gasteiger partial charge in [0.05, 0.1) is 6.61 Å². The fourth-order valence-electron chi connectivity index (χ4n) is 1.37. The van der Waals surface area contributed by atoms with Gasteiger partial charge in [0.25, 0.3) is 0 Å². The van der Waals surface area contributed by atoms with Gasteiger partial charge in [-0.25, -0.2) is 0 Å². The number of rotatable bonds is 6. The number of benzene rings is 1.